The van der Waals surface area contributed by atoms with Crippen molar-refractivity contribution in [3.05, 3.63) is 60.7 Å². The molecule has 2 aromatic carbocycles. The Balaban J connectivity index is 1.17. The molecule has 6 atom stereocenters. The molecule has 172 valence electrons. The molecule has 3 fully saturated rings. The number of ether oxygens (including phenoxy) is 3. The molecular formula is C26H22N2O6. The van der Waals surface area contributed by atoms with E-state index in [1.54, 1.807) is 24.3 Å². The number of fused-ring (bicyclic) bond motifs is 9. The van der Waals surface area contributed by atoms with Crippen LogP contribution < -0.4 is 19.1 Å². The van der Waals surface area contributed by atoms with E-state index < -0.39 is 0 Å². The minimum Gasteiger partial charge on any atom is -0.490 e. The molecule has 0 radical (unpaired) electrons. The summed E-state index contributed by atoms with van der Waals surface area (Å²) < 4.78 is 16.4. The fourth-order valence-corrected chi connectivity index (χ4v) is 6.52. The monoisotopic (exact) mass is 458 g/mol. The summed E-state index contributed by atoms with van der Waals surface area (Å²) in [6.07, 6.45) is 2.33. The molecular weight excluding hydrogens is 436 g/mol. The maximum Gasteiger partial charge on any atom is 0.238 e. The van der Waals surface area contributed by atoms with Crippen LogP contribution in [0.3, 0.4) is 0 Å². The van der Waals surface area contributed by atoms with Crippen molar-refractivity contribution in [1.82, 2.24) is 0 Å². The molecule has 2 saturated carbocycles. The lowest BCUT2D eigenvalue weighted by atomic mass is 9.71. The SMILES string of the molecule is C=CCOc1ccc(C2=NO[C@H]3[C@H]4C[C@@H]([C@@H]23)[C@@H]2C(=O)N(c3ccc5c(c3)OCO5)C(=O)[C@H]42)cc1. The first-order valence-corrected chi connectivity index (χ1v) is 11.5. The second kappa shape index (κ2) is 7.09. The van der Waals surface area contributed by atoms with Crippen molar-refractivity contribution in [2.75, 3.05) is 18.3 Å². The predicted octanol–water partition coefficient (Wildman–Crippen LogP) is 3.15. The number of amides is 2. The molecule has 3 heterocycles. The van der Waals surface area contributed by atoms with E-state index in [1.807, 2.05) is 24.3 Å². The number of imide groups is 1. The van der Waals surface area contributed by atoms with Gasteiger partial charge in [-0.25, -0.2) is 4.90 Å². The van der Waals surface area contributed by atoms with Gasteiger partial charge < -0.3 is 19.0 Å². The quantitative estimate of drug-likeness (QED) is 0.505. The molecule has 2 aliphatic carbocycles. The summed E-state index contributed by atoms with van der Waals surface area (Å²) in [6, 6.07) is 12.9. The summed E-state index contributed by atoms with van der Waals surface area (Å²) in [5, 5.41) is 4.41. The first-order chi connectivity index (χ1) is 16.7. The van der Waals surface area contributed by atoms with Crippen molar-refractivity contribution in [2.45, 2.75) is 12.5 Å². The Bertz CT molecular complexity index is 1250. The zero-order valence-corrected chi connectivity index (χ0v) is 18.3. The maximum atomic E-state index is 13.6. The molecule has 1 saturated heterocycles. The molecule has 0 N–H and O–H groups in total. The molecule has 34 heavy (non-hydrogen) atoms. The van der Waals surface area contributed by atoms with Crippen molar-refractivity contribution >= 4 is 23.2 Å². The molecule has 2 bridgehead atoms. The minimum atomic E-state index is -0.367. The summed E-state index contributed by atoms with van der Waals surface area (Å²) in [5.41, 5.74) is 2.34. The van der Waals surface area contributed by atoms with E-state index in [-0.39, 0.29) is 54.3 Å². The predicted molar refractivity (Wildman–Crippen MR) is 121 cm³/mol. The van der Waals surface area contributed by atoms with Gasteiger partial charge in [0.05, 0.1) is 23.2 Å². The van der Waals surface area contributed by atoms with Gasteiger partial charge in [0.1, 0.15) is 18.5 Å². The topological polar surface area (TPSA) is 86.7 Å². The minimum absolute atomic E-state index is 0.000326. The van der Waals surface area contributed by atoms with Crippen LogP contribution in [0.4, 0.5) is 5.69 Å². The summed E-state index contributed by atoms with van der Waals surface area (Å²) in [6.45, 7) is 4.25. The van der Waals surface area contributed by atoms with E-state index in [2.05, 4.69) is 11.7 Å². The molecule has 8 nitrogen and oxygen atoms in total. The molecule has 0 unspecified atom stereocenters. The van der Waals surface area contributed by atoms with Crippen LogP contribution in [-0.4, -0.2) is 37.0 Å². The summed E-state index contributed by atoms with van der Waals surface area (Å²) in [4.78, 5) is 34.3. The zero-order chi connectivity index (χ0) is 23.0. The van der Waals surface area contributed by atoms with Gasteiger partial charge in [0, 0.05) is 23.5 Å². The van der Waals surface area contributed by atoms with Gasteiger partial charge in [0.2, 0.25) is 18.6 Å². The van der Waals surface area contributed by atoms with E-state index in [0.29, 0.717) is 23.8 Å². The summed E-state index contributed by atoms with van der Waals surface area (Å²) >= 11 is 0. The number of carbonyl (C=O) groups excluding carboxylic acids is 2. The van der Waals surface area contributed by atoms with E-state index in [4.69, 9.17) is 19.0 Å². The first kappa shape index (κ1) is 19.6. The molecule has 0 aromatic heterocycles. The smallest absolute Gasteiger partial charge is 0.238 e. The molecule has 0 spiro atoms. The lowest BCUT2D eigenvalue weighted by molar-refractivity contribution is -0.125. The molecule has 7 rings (SSSR count). The largest absolute Gasteiger partial charge is 0.490 e. The van der Waals surface area contributed by atoms with Crippen LogP contribution in [0.2, 0.25) is 0 Å². The maximum absolute atomic E-state index is 13.6. The molecule has 8 heteroatoms. The highest BCUT2D eigenvalue weighted by Gasteiger charge is 2.70. The Morgan fingerprint density at radius 3 is 2.56 bits per heavy atom. The van der Waals surface area contributed by atoms with Crippen LogP contribution in [0.15, 0.2) is 60.3 Å². The third-order valence-electron chi connectivity index (χ3n) is 7.82. The number of oxime groups is 1. The second-order valence-electron chi connectivity index (χ2n) is 9.36. The van der Waals surface area contributed by atoms with E-state index in [1.165, 1.54) is 4.90 Å². The van der Waals surface area contributed by atoms with Crippen molar-refractivity contribution < 1.29 is 28.6 Å². The van der Waals surface area contributed by atoms with Crippen molar-refractivity contribution in [2.24, 2.45) is 34.7 Å². The Morgan fingerprint density at radius 1 is 1.00 bits per heavy atom. The van der Waals surface area contributed by atoms with Crippen LogP contribution in [0.5, 0.6) is 17.2 Å². The van der Waals surface area contributed by atoms with E-state index in [9.17, 15) is 9.59 Å². The van der Waals surface area contributed by atoms with Gasteiger partial charge in [-0.15, -0.1) is 0 Å². The van der Waals surface area contributed by atoms with Crippen molar-refractivity contribution in [3.8, 4) is 17.2 Å². The number of hydrogen-bond acceptors (Lipinski definition) is 7. The third kappa shape index (κ3) is 2.56. The number of anilines is 1. The lowest BCUT2D eigenvalue weighted by Crippen LogP contribution is -2.41. The van der Waals surface area contributed by atoms with E-state index >= 15 is 0 Å². The van der Waals surface area contributed by atoms with Crippen molar-refractivity contribution in [1.29, 1.82) is 0 Å². The van der Waals surface area contributed by atoms with Gasteiger partial charge in [0.25, 0.3) is 0 Å². The zero-order valence-electron chi connectivity index (χ0n) is 18.3. The average Bonchev–Trinajstić information content (AvgIpc) is 3.65. The van der Waals surface area contributed by atoms with E-state index in [0.717, 1.165) is 23.4 Å². The molecule has 2 amide bonds. The number of hydrogen-bond donors (Lipinski definition) is 0. The summed E-state index contributed by atoms with van der Waals surface area (Å²) in [5.74, 6) is 0.907. The Morgan fingerprint density at radius 2 is 1.76 bits per heavy atom. The second-order valence-corrected chi connectivity index (χ2v) is 9.36. The summed E-state index contributed by atoms with van der Waals surface area (Å²) in [7, 11) is 0. The average molecular weight is 458 g/mol. The Kier molecular flexibility index (Phi) is 4.10. The highest BCUT2D eigenvalue weighted by atomic mass is 16.7. The van der Waals surface area contributed by atoms with Crippen LogP contribution in [0.1, 0.15) is 12.0 Å². The molecule has 3 aliphatic heterocycles. The van der Waals surface area contributed by atoms with Crippen LogP contribution in [-0.2, 0) is 14.4 Å². The van der Waals surface area contributed by atoms with Gasteiger partial charge in [-0.2, -0.15) is 0 Å². The third-order valence-corrected chi connectivity index (χ3v) is 7.82. The molecule has 5 aliphatic rings. The Labute approximate surface area is 195 Å². The lowest BCUT2D eigenvalue weighted by Gasteiger charge is -2.29. The van der Waals surface area contributed by atoms with Crippen LogP contribution in [0.25, 0.3) is 0 Å². The highest BCUT2D eigenvalue weighted by Crippen LogP contribution is 2.62. The standard InChI is InChI=1S/C26H22N2O6/c1-2-9-31-15-6-3-13(4-7-15)23-22-16-11-17(24(22)34-27-23)21-20(16)25(29)28(26(21)30)14-5-8-18-19(10-14)33-12-32-18/h2-8,10,16-17,20-22,24H,1,9,11-12H2/t16-,17+,20+,21-,22+,24+/m1/s1. The fraction of sp³-hybridized carbons (Fsp3) is 0.346. The highest BCUT2D eigenvalue weighted by molar-refractivity contribution is 6.23. The van der Waals surface area contributed by atoms with Gasteiger partial charge in [0.15, 0.2) is 11.5 Å². The number of nitrogens with zero attached hydrogens (tertiary/aromatic N) is 2. The molecule has 2 aromatic rings. The van der Waals surface area contributed by atoms with Gasteiger partial charge >= 0.3 is 0 Å². The number of carbonyl (C=O) groups is 2. The Hall–Kier alpha value is -3.81. The van der Waals surface area contributed by atoms with Gasteiger partial charge in [-0.3, -0.25) is 9.59 Å². The fourth-order valence-electron chi connectivity index (χ4n) is 6.52. The van der Waals surface area contributed by atoms with Gasteiger partial charge in [-0.05, 0) is 48.7 Å². The number of benzene rings is 2. The number of rotatable bonds is 5. The first-order valence-electron chi connectivity index (χ1n) is 11.5. The van der Waals surface area contributed by atoms with Crippen LogP contribution >= 0.6 is 0 Å². The normalized spacial score (nSPS) is 31.9. The van der Waals surface area contributed by atoms with Gasteiger partial charge in [-0.1, -0.05) is 17.8 Å². The van der Waals surface area contributed by atoms with Crippen molar-refractivity contribution in [3.63, 3.8) is 0 Å². The van der Waals surface area contributed by atoms with Crippen LogP contribution in [0, 0.1) is 29.6 Å².